The van der Waals surface area contributed by atoms with Gasteiger partial charge in [-0.2, -0.15) is 0 Å². The van der Waals surface area contributed by atoms with E-state index in [0.717, 1.165) is 5.56 Å². The molecule has 0 aliphatic carbocycles. The summed E-state index contributed by atoms with van der Waals surface area (Å²) in [6, 6.07) is 1.42. The molecular formula is C12H16BrFO2. The molecule has 0 unspecified atom stereocenters. The standard InChI is InChI=1S/C12H16BrFO2/c1-7-5-8(14)10(13)9(11(7)16-4)12(2,3)6-15/h5,15H,6H2,1-4H3. The normalized spacial score (nSPS) is 11.7. The highest BCUT2D eigenvalue weighted by molar-refractivity contribution is 9.10. The smallest absolute Gasteiger partial charge is 0.138 e. The van der Waals surface area contributed by atoms with E-state index in [1.54, 1.807) is 14.0 Å². The lowest BCUT2D eigenvalue weighted by atomic mass is 9.84. The number of ether oxygens (including phenoxy) is 1. The molecule has 1 aromatic rings. The first-order valence-electron chi connectivity index (χ1n) is 4.99. The molecule has 0 heterocycles. The van der Waals surface area contributed by atoms with Crippen molar-refractivity contribution >= 4 is 15.9 Å². The van der Waals surface area contributed by atoms with Gasteiger partial charge in [0.05, 0.1) is 18.2 Å². The quantitative estimate of drug-likeness (QED) is 0.927. The molecule has 0 aliphatic rings. The third-order valence-corrected chi connectivity index (χ3v) is 3.41. The molecule has 0 aliphatic heterocycles. The fourth-order valence-electron chi connectivity index (χ4n) is 1.68. The van der Waals surface area contributed by atoms with Crippen LogP contribution < -0.4 is 4.74 Å². The maximum Gasteiger partial charge on any atom is 0.138 e. The molecule has 0 aromatic heterocycles. The van der Waals surface area contributed by atoms with Crippen molar-refractivity contribution in [3.05, 3.63) is 27.5 Å². The summed E-state index contributed by atoms with van der Waals surface area (Å²) in [5.74, 6) is 0.280. The molecule has 0 saturated carbocycles. The lowest BCUT2D eigenvalue weighted by Gasteiger charge is -2.27. The first-order valence-corrected chi connectivity index (χ1v) is 5.78. The Kier molecular flexibility index (Phi) is 3.97. The van der Waals surface area contributed by atoms with Crippen LogP contribution in [0.3, 0.4) is 0 Å². The summed E-state index contributed by atoms with van der Waals surface area (Å²) in [5.41, 5.74) is 0.826. The topological polar surface area (TPSA) is 29.5 Å². The number of halogens is 2. The second-order valence-corrected chi connectivity index (χ2v) is 5.23. The van der Waals surface area contributed by atoms with Crippen molar-refractivity contribution in [2.75, 3.05) is 13.7 Å². The Morgan fingerprint density at radius 3 is 2.50 bits per heavy atom. The average molecular weight is 291 g/mol. The molecule has 1 aromatic carbocycles. The van der Waals surface area contributed by atoms with E-state index in [9.17, 15) is 9.50 Å². The van der Waals surface area contributed by atoms with Crippen LogP contribution in [0.2, 0.25) is 0 Å². The van der Waals surface area contributed by atoms with Crippen molar-refractivity contribution in [1.29, 1.82) is 0 Å². The van der Waals surface area contributed by atoms with Gasteiger partial charge in [0.2, 0.25) is 0 Å². The zero-order valence-corrected chi connectivity index (χ0v) is 11.5. The van der Waals surface area contributed by atoms with Gasteiger partial charge in [-0.05, 0) is 34.5 Å². The highest BCUT2D eigenvalue weighted by Gasteiger charge is 2.29. The first-order chi connectivity index (χ1) is 7.35. The Morgan fingerprint density at radius 1 is 1.50 bits per heavy atom. The third kappa shape index (κ3) is 2.23. The third-order valence-electron chi connectivity index (χ3n) is 2.63. The first kappa shape index (κ1) is 13.5. The Bertz CT molecular complexity index is 402. The largest absolute Gasteiger partial charge is 0.496 e. The van der Waals surface area contributed by atoms with E-state index in [-0.39, 0.29) is 12.4 Å². The fraction of sp³-hybridized carbons (Fsp3) is 0.500. The van der Waals surface area contributed by atoms with Crippen LogP contribution in [0, 0.1) is 12.7 Å². The molecule has 0 radical (unpaired) electrons. The van der Waals surface area contributed by atoms with E-state index in [1.807, 2.05) is 13.8 Å². The molecule has 0 bridgehead atoms. The molecule has 4 heteroatoms. The van der Waals surface area contributed by atoms with Gasteiger partial charge in [-0.1, -0.05) is 13.8 Å². The molecular weight excluding hydrogens is 275 g/mol. The lowest BCUT2D eigenvalue weighted by molar-refractivity contribution is 0.213. The van der Waals surface area contributed by atoms with E-state index in [2.05, 4.69) is 15.9 Å². The number of hydrogen-bond donors (Lipinski definition) is 1. The van der Waals surface area contributed by atoms with Crippen molar-refractivity contribution in [2.24, 2.45) is 0 Å². The molecule has 0 spiro atoms. The van der Waals surface area contributed by atoms with E-state index in [4.69, 9.17) is 4.74 Å². The Morgan fingerprint density at radius 2 is 2.06 bits per heavy atom. The summed E-state index contributed by atoms with van der Waals surface area (Å²) < 4.78 is 19.3. The zero-order valence-electron chi connectivity index (χ0n) is 9.90. The molecule has 0 fully saturated rings. The molecule has 0 saturated heterocycles. The van der Waals surface area contributed by atoms with E-state index in [0.29, 0.717) is 15.8 Å². The lowest BCUT2D eigenvalue weighted by Crippen LogP contribution is -2.24. The number of aryl methyl sites for hydroxylation is 1. The van der Waals surface area contributed by atoms with Crippen LogP contribution in [0.15, 0.2) is 10.5 Å². The summed E-state index contributed by atoms with van der Waals surface area (Å²) in [6.45, 7) is 5.39. The predicted molar refractivity (Wildman–Crippen MR) is 65.5 cm³/mol. The molecule has 1 rings (SSSR count). The average Bonchev–Trinajstić information content (AvgIpc) is 2.22. The molecule has 90 valence electrons. The minimum atomic E-state index is -0.558. The van der Waals surface area contributed by atoms with Gasteiger partial charge in [-0.15, -0.1) is 0 Å². The fourth-order valence-corrected chi connectivity index (χ4v) is 2.51. The molecule has 16 heavy (non-hydrogen) atoms. The van der Waals surface area contributed by atoms with Crippen LogP contribution in [0.25, 0.3) is 0 Å². The van der Waals surface area contributed by atoms with Crippen molar-refractivity contribution in [3.8, 4) is 5.75 Å². The zero-order chi connectivity index (χ0) is 12.5. The van der Waals surface area contributed by atoms with Gasteiger partial charge >= 0.3 is 0 Å². The van der Waals surface area contributed by atoms with Crippen molar-refractivity contribution in [2.45, 2.75) is 26.2 Å². The van der Waals surface area contributed by atoms with Crippen LogP contribution in [-0.2, 0) is 5.41 Å². The SMILES string of the molecule is COc1c(C)cc(F)c(Br)c1C(C)(C)CO. The maximum absolute atomic E-state index is 13.6. The van der Waals surface area contributed by atoms with E-state index >= 15 is 0 Å². The summed E-state index contributed by atoms with van der Waals surface area (Å²) in [4.78, 5) is 0. The highest BCUT2D eigenvalue weighted by Crippen LogP contribution is 2.40. The van der Waals surface area contributed by atoms with Gasteiger partial charge in [-0.3, -0.25) is 0 Å². The predicted octanol–water partition coefficient (Wildman–Crippen LogP) is 3.18. The monoisotopic (exact) mass is 290 g/mol. The minimum Gasteiger partial charge on any atom is -0.496 e. The van der Waals surface area contributed by atoms with Crippen molar-refractivity contribution in [1.82, 2.24) is 0 Å². The molecule has 0 atom stereocenters. The van der Waals surface area contributed by atoms with Gasteiger partial charge in [0.25, 0.3) is 0 Å². The van der Waals surface area contributed by atoms with Crippen LogP contribution in [-0.4, -0.2) is 18.8 Å². The number of aliphatic hydroxyl groups is 1. The van der Waals surface area contributed by atoms with Gasteiger partial charge in [0.1, 0.15) is 11.6 Å². The highest BCUT2D eigenvalue weighted by atomic mass is 79.9. The van der Waals surface area contributed by atoms with Gasteiger partial charge < -0.3 is 9.84 Å². The van der Waals surface area contributed by atoms with Gasteiger partial charge in [0, 0.05) is 11.0 Å². The van der Waals surface area contributed by atoms with Gasteiger partial charge in [-0.25, -0.2) is 4.39 Å². The maximum atomic E-state index is 13.6. The summed E-state index contributed by atoms with van der Waals surface area (Å²) in [5, 5.41) is 9.37. The number of rotatable bonds is 3. The van der Waals surface area contributed by atoms with Crippen molar-refractivity contribution in [3.63, 3.8) is 0 Å². The summed E-state index contributed by atoms with van der Waals surface area (Å²) in [7, 11) is 1.55. The molecule has 0 amide bonds. The minimum absolute atomic E-state index is 0.0785. The van der Waals surface area contributed by atoms with Gasteiger partial charge in [0.15, 0.2) is 0 Å². The Balaban J connectivity index is 3.57. The number of benzene rings is 1. The Labute approximate surface area is 104 Å². The number of aliphatic hydroxyl groups excluding tert-OH is 1. The second-order valence-electron chi connectivity index (χ2n) is 4.44. The summed E-state index contributed by atoms with van der Waals surface area (Å²) >= 11 is 3.22. The number of methoxy groups -OCH3 is 1. The van der Waals surface area contributed by atoms with Crippen LogP contribution in [0.4, 0.5) is 4.39 Å². The van der Waals surface area contributed by atoms with Crippen LogP contribution in [0.5, 0.6) is 5.75 Å². The van der Waals surface area contributed by atoms with Crippen LogP contribution in [0.1, 0.15) is 25.0 Å². The Hall–Kier alpha value is -0.610. The summed E-state index contributed by atoms with van der Waals surface area (Å²) in [6.07, 6.45) is 0. The van der Waals surface area contributed by atoms with E-state index < -0.39 is 5.41 Å². The molecule has 1 N–H and O–H groups in total. The van der Waals surface area contributed by atoms with Crippen LogP contribution >= 0.6 is 15.9 Å². The molecule has 2 nitrogen and oxygen atoms in total. The van der Waals surface area contributed by atoms with Crippen molar-refractivity contribution < 1.29 is 14.2 Å². The second kappa shape index (κ2) is 4.72. The van der Waals surface area contributed by atoms with E-state index in [1.165, 1.54) is 6.07 Å². The number of hydrogen-bond acceptors (Lipinski definition) is 2.